The summed E-state index contributed by atoms with van der Waals surface area (Å²) >= 11 is 0. The molecule has 3 amide bonds. The van der Waals surface area contributed by atoms with Crippen LogP contribution >= 0.6 is 0 Å². The Morgan fingerprint density at radius 3 is 2.57 bits per heavy atom. The summed E-state index contributed by atoms with van der Waals surface area (Å²) in [7, 11) is 0. The van der Waals surface area contributed by atoms with Crippen molar-refractivity contribution >= 4 is 12.1 Å². The van der Waals surface area contributed by atoms with Crippen LogP contribution in [0.5, 0.6) is 0 Å². The van der Waals surface area contributed by atoms with Crippen molar-refractivity contribution in [3.8, 4) is 0 Å². The van der Waals surface area contributed by atoms with E-state index in [0.717, 1.165) is 10.5 Å². The number of urea groups is 1. The molecule has 0 aromatic heterocycles. The van der Waals surface area contributed by atoms with Gasteiger partial charge in [-0.25, -0.2) is 18.9 Å². The van der Waals surface area contributed by atoms with Crippen molar-refractivity contribution in [1.82, 2.24) is 10.2 Å². The molecule has 3 N–H and O–H groups in total. The summed E-state index contributed by atoms with van der Waals surface area (Å²) in [5.74, 6) is -0.306. The predicted octanol–water partition coefficient (Wildman–Crippen LogP) is 1.50. The van der Waals surface area contributed by atoms with Crippen molar-refractivity contribution in [2.24, 2.45) is 5.73 Å². The van der Waals surface area contributed by atoms with Crippen molar-refractivity contribution in [2.75, 3.05) is 26.2 Å². The van der Waals surface area contributed by atoms with Crippen LogP contribution < -0.4 is 11.1 Å². The number of hydrogen-bond acceptors (Lipinski definition) is 4. The molecule has 1 rings (SSSR count). The molecular formula is C14H20FN3O3. The number of ether oxygens (including phenoxy) is 1. The van der Waals surface area contributed by atoms with Crippen molar-refractivity contribution in [3.63, 3.8) is 0 Å². The minimum Gasteiger partial charge on any atom is -0.449 e. The first kappa shape index (κ1) is 16.9. The molecule has 0 unspecified atom stereocenters. The molecule has 0 spiro atoms. The maximum Gasteiger partial charge on any atom is 0.418 e. The first-order valence-electron chi connectivity index (χ1n) is 6.75. The maximum absolute atomic E-state index is 12.7. The van der Waals surface area contributed by atoms with Gasteiger partial charge in [-0.1, -0.05) is 12.1 Å². The van der Waals surface area contributed by atoms with Crippen LogP contribution in [0.3, 0.4) is 0 Å². The lowest BCUT2D eigenvalue weighted by Gasteiger charge is -2.19. The zero-order valence-electron chi connectivity index (χ0n) is 12.0. The van der Waals surface area contributed by atoms with E-state index in [9.17, 15) is 14.0 Å². The summed E-state index contributed by atoms with van der Waals surface area (Å²) < 4.78 is 17.5. The van der Waals surface area contributed by atoms with Gasteiger partial charge < -0.3 is 15.8 Å². The monoisotopic (exact) mass is 297 g/mol. The van der Waals surface area contributed by atoms with Gasteiger partial charge in [0.2, 0.25) is 0 Å². The Hall–Kier alpha value is -2.15. The first-order chi connectivity index (χ1) is 10.1. The minimum atomic E-state index is -0.720. The molecule has 0 aliphatic rings. The van der Waals surface area contributed by atoms with Gasteiger partial charge in [0.15, 0.2) is 0 Å². The van der Waals surface area contributed by atoms with E-state index in [-0.39, 0.29) is 25.5 Å². The second-order valence-electron chi connectivity index (χ2n) is 4.25. The third kappa shape index (κ3) is 5.78. The smallest absolute Gasteiger partial charge is 0.418 e. The zero-order chi connectivity index (χ0) is 15.7. The van der Waals surface area contributed by atoms with Crippen molar-refractivity contribution in [2.45, 2.75) is 13.3 Å². The van der Waals surface area contributed by atoms with Gasteiger partial charge in [0.1, 0.15) is 5.82 Å². The number of carbonyl (C=O) groups is 2. The molecule has 0 saturated carbocycles. The highest BCUT2D eigenvalue weighted by atomic mass is 19.1. The van der Waals surface area contributed by atoms with E-state index in [4.69, 9.17) is 10.5 Å². The van der Waals surface area contributed by atoms with Crippen LogP contribution in [-0.2, 0) is 11.2 Å². The molecule has 0 heterocycles. The molecule has 21 heavy (non-hydrogen) atoms. The molecule has 1 aromatic rings. The second kappa shape index (κ2) is 8.91. The number of carbonyl (C=O) groups excluding carboxylic acids is 2. The van der Waals surface area contributed by atoms with Gasteiger partial charge in [-0.2, -0.15) is 0 Å². The highest BCUT2D eigenvalue weighted by Crippen LogP contribution is 2.03. The third-order valence-electron chi connectivity index (χ3n) is 2.69. The van der Waals surface area contributed by atoms with Crippen LogP contribution in [0.4, 0.5) is 14.0 Å². The largest absolute Gasteiger partial charge is 0.449 e. The van der Waals surface area contributed by atoms with Crippen LogP contribution in [0, 0.1) is 5.82 Å². The zero-order valence-corrected chi connectivity index (χ0v) is 12.0. The molecule has 0 aliphatic heterocycles. The molecule has 0 radical (unpaired) electrons. The van der Waals surface area contributed by atoms with E-state index in [1.807, 2.05) is 0 Å². The number of nitrogens with one attached hydrogen (secondary N) is 1. The van der Waals surface area contributed by atoms with E-state index in [1.165, 1.54) is 12.1 Å². The standard InChI is InChI=1S/C14H20FN3O3/c1-2-21-14(20)18(10-8-16)13(19)17-9-7-11-3-5-12(15)6-4-11/h3-6H,2,7-10,16H2,1H3,(H,17,19). The quantitative estimate of drug-likeness (QED) is 0.833. The Morgan fingerprint density at radius 2 is 2.00 bits per heavy atom. The number of hydrogen-bond donors (Lipinski definition) is 2. The minimum absolute atomic E-state index is 0.0845. The van der Waals surface area contributed by atoms with Gasteiger partial charge in [0, 0.05) is 19.6 Å². The third-order valence-corrected chi connectivity index (χ3v) is 2.69. The number of nitrogens with two attached hydrogens (primary N) is 1. The first-order valence-corrected chi connectivity index (χ1v) is 6.75. The number of halogens is 1. The van der Waals surface area contributed by atoms with Gasteiger partial charge in [0.05, 0.1) is 6.61 Å². The van der Waals surface area contributed by atoms with Crippen LogP contribution in [0.15, 0.2) is 24.3 Å². The van der Waals surface area contributed by atoms with E-state index in [2.05, 4.69) is 5.32 Å². The average molecular weight is 297 g/mol. The molecule has 0 saturated heterocycles. The fraction of sp³-hybridized carbons (Fsp3) is 0.429. The molecule has 1 aromatic carbocycles. The van der Waals surface area contributed by atoms with Crippen LogP contribution in [0.1, 0.15) is 12.5 Å². The Balaban J connectivity index is 2.45. The molecule has 0 aliphatic carbocycles. The van der Waals surface area contributed by atoms with Gasteiger partial charge >= 0.3 is 12.1 Å². The predicted molar refractivity (Wildman–Crippen MR) is 76.3 cm³/mol. The summed E-state index contributed by atoms with van der Waals surface area (Å²) in [6.07, 6.45) is -0.187. The van der Waals surface area contributed by atoms with Gasteiger partial charge in [-0.3, -0.25) is 0 Å². The topological polar surface area (TPSA) is 84.7 Å². The number of rotatable bonds is 6. The van der Waals surface area contributed by atoms with Gasteiger partial charge in [-0.15, -0.1) is 0 Å². The van der Waals surface area contributed by atoms with E-state index < -0.39 is 12.1 Å². The molecule has 0 fully saturated rings. The lowest BCUT2D eigenvalue weighted by Crippen LogP contribution is -2.46. The van der Waals surface area contributed by atoms with Crippen LogP contribution in [0.25, 0.3) is 0 Å². The maximum atomic E-state index is 12.7. The summed E-state index contributed by atoms with van der Waals surface area (Å²) in [5.41, 5.74) is 6.26. The Labute approximate surface area is 123 Å². The number of amides is 3. The number of nitrogens with zero attached hydrogens (tertiary/aromatic N) is 1. The van der Waals surface area contributed by atoms with Crippen LogP contribution in [-0.4, -0.2) is 43.3 Å². The Bertz CT molecular complexity index is 465. The molecule has 6 nitrogen and oxygen atoms in total. The van der Waals surface area contributed by atoms with Crippen LogP contribution in [0.2, 0.25) is 0 Å². The normalized spacial score (nSPS) is 10.0. The van der Waals surface area contributed by atoms with Gasteiger partial charge in [0.25, 0.3) is 0 Å². The molecule has 116 valence electrons. The molecule has 0 atom stereocenters. The van der Waals surface area contributed by atoms with E-state index in [0.29, 0.717) is 13.0 Å². The Morgan fingerprint density at radius 1 is 1.33 bits per heavy atom. The molecule has 0 bridgehead atoms. The molecular weight excluding hydrogens is 277 g/mol. The number of imide groups is 1. The van der Waals surface area contributed by atoms with Crippen molar-refractivity contribution in [3.05, 3.63) is 35.6 Å². The van der Waals surface area contributed by atoms with E-state index in [1.54, 1.807) is 19.1 Å². The summed E-state index contributed by atoms with van der Waals surface area (Å²) in [5, 5.41) is 2.61. The fourth-order valence-electron chi connectivity index (χ4n) is 1.67. The summed E-state index contributed by atoms with van der Waals surface area (Å²) in [4.78, 5) is 24.4. The SMILES string of the molecule is CCOC(=O)N(CCN)C(=O)NCCc1ccc(F)cc1. The fourth-order valence-corrected chi connectivity index (χ4v) is 1.67. The highest BCUT2D eigenvalue weighted by molar-refractivity contribution is 5.90. The lowest BCUT2D eigenvalue weighted by atomic mass is 10.1. The van der Waals surface area contributed by atoms with E-state index >= 15 is 0 Å². The van der Waals surface area contributed by atoms with Gasteiger partial charge in [-0.05, 0) is 31.0 Å². The average Bonchev–Trinajstić information content (AvgIpc) is 2.47. The Kier molecular flexibility index (Phi) is 7.17. The highest BCUT2D eigenvalue weighted by Gasteiger charge is 2.21. The number of benzene rings is 1. The summed E-state index contributed by atoms with van der Waals surface area (Å²) in [6.45, 7) is 2.41. The van der Waals surface area contributed by atoms with Crippen molar-refractivity contribution < 1.29 is 18.7 Å². The summed E-state index contributed by atoms with van der Waals surface area (Å²) in [6, 6.07) is 5.45. The molecule has 7 heteroatoms. The van der Waals surface area contributed by atoms with Crippen molar-refractivity contribution in [1.29, 1.82) is 0 Å². The second-order valence-corrected chi connectivity index (χ2v) is 4.25. The lowest BCUT2D eigenvalue weighted by molar-refractivity contribution is 0.115.